The fourth-order valence-corrected chi connectivity index (χ4v) is 1.36. The lowest BCUT2D eigenvalue weighted by molar-refractivity contribution is 0.132. The van der Waals surface area contributed by atoms with Crippen molar-refractivity contribution in [2.24, 2.45) is 11.1 Å². The monoisotopic (exact) mass is 245 g/mol. The number of benzene rings is 1. The van der Waals surface area contributed by atoms with Gasteiger partial charge in [0.2, 0.25) is 0 Å². The predicted octanol–water partition coefficient (Wildman–Crippen LogP) is 2.14. The number of hydrogen-bond acceptors (Lipinski definition) is 3. The maximum atomic E-state index is 9.22. The highest BCUT2D eigenvalue weighted by atomic mass is 35.5. The van der Waals surface area contributed by atoms with Crippen LogP contribution in [0, 0.1) is 5.41 Å². The van der Waals surface area contributed by atoms with Crippen LogP contribution in [0.4, 0.5) is 0 Å². The number of methoxy groups -OCH3 is 1. The molecule has 1 aromatic carbocycles. The van der Waals surface area contributed by atoms with E-state index in [0.29, 0.717) is 0 Å². The molecule has 1 aromatic rings. The van der Waals surface area contributed by atoms with Crippen molar-refractivity contribution < 1.29 is 9.84 Å². The van der Waals surface area contributed by atoms with Crippen molar-refractivity contribution in [3.8, 4) is 5.75 Å². The molecule has 0 radical (unpaired) electrons. The Balaban J connectivity index is 0.00000225. The molecule has 0 aliphatic heterocycles. The molecular formula is C12H20ClNO2. The quantitative estimate of drug-likeness (QED) is 0.855. The molecule has 3 N–H and O–H groups in total. The van der Waals surface area contributed by atoms with Crippen molar-refractivity contribution in [3.63, 3.8) is 0 Å². The van der Waals surface area contributed by atoms with Crippen LogP contribution in [0.3, 0.4) is 0 Å². The molecule has 0 amide bonds. The van der Waals surface area contributed by atoms with Gasteiger partial charge in [0.1, 0.15) is 5.75 Å². The molecule has 0 saturated heterocycles. The molecule has 1 rings (SSSR count). The Labute approximate surface area is 103 Å². The topological polar surface area (TPSA) is 55.5 Å². The summed E-state index contributed by atoms with van der Waals surface area (Å²) in [6.07, 6.45) is 0. The summed E-state index contributed by atoms with van der Waals surface area (Å²) < 4.78 is 5.07. The smallest absolute Gasteiger partial charge is 0.118 e. The molecule has 0 fully saturated rings. The first-order valence-corrected chi connectivity index (χ1v) is 5.01. The van der Waals surface area contributed by atoms with Gasteiger partial charge in [-0.05, 0) is 17.7 Å². The van der Waals surface area contributed by atoms with Gasteiger partial charge in [-0.25, -0.2) is 0 Å². The fraction of sp³-hybridized carbons (Fsp3) is 0.500. The first-order chi connectivity index (χ1) is 7.01. The van der Waals surface area contributed by atoms with Crippen molar-refractivity contribution in [2.45, 2.75) is 19.9 Å². The SMILES string of the molecule is COc1ccc([C@@H](N)C(C)(C)CO)cc1.Cl. The standard InChI is InChI=1S/C12H19NO2.ClH/c1-12(2,8-14)11(13)9-4-6-10(15-3)7-5-9;/h4-7,11,14H,8,13H2,1-3H3;1H/t11-;/m1./s1. The first kappa shape index (κ1) is 15.2. The minimum atomic E-state index is -0.311. The molecule has 0 heterocycles. The minimum Gasteiger partial charge on any atom is -0.497 e. The first-order valence-electron chi connectivity index (χ1n) is 5.01. The molecule has 0 aliphatic rings. The lowest BCUT2D eigenvalue weighted by atomic mass is 9.82. The molecule has 0 spiro atoms. The predicted molar refractivity (Wildman–Crippen MR) is 68.0 cm³/mol. The molecule has 0 bridgehead atoms. The third-order valence-electron chi connectivity index (χ3n) is 2.72. The van der Waals surface area contributed by atoms with E-state index < -0.39 is 0 Å². The Kier molecular flexibility index (Phi) is 5.79. The Bertz CT molecular complexity index is 311. The van der Waals surface area contributed by atoms with Crippen LogP contribution in [0.5, 0.6) is 5.75 Å². The molecule has 0 aromatic heterocycles. The number of hydrogen-bond donors (Lipinski definition) is 2. The summed E-state index contributed by atoms with van der Waals surface area (Å²) in [6.45, 7) is 3.96. The zero-order chi connectivity index (χ0) is 11.5. The van der Waals surface area contributed by atoms with Gasteiger partial charge >= 0.3 is 0 Å². The van der Waals surface area contributed by atoms with Crippen molar-refractivity contribution in [2.75, 3.05) is 13.7 Å². The second kappa shape index (κ2) is 6.09. The van der Waals surface area contributed by atoms with E-state index in [0.717, 1.165) is 11.3 Å². The maximum Gasteiger partial charge on any atom is 0.118 e. The van der Waals surface area contributed by atoms with Crippen molar-refractivity contribution in [1.82, 2.24) is 0 Å². The van der Waals surface area contributed by atoms with Crippen molar-refractivity contribution >= 4 is 12.4 Å². The van der Waals surface area contributed by atoms with Crippen LogP contribution in [-0.4, -0.2) is 18.8 Å². The van der Waals surface area contributed by atoms with Gasteiger partial charge in [0.15, 0.2) is 0 Å². The van der Waals surface area contributed by atoms with E-state index in [4.69, 9.17) is 10.5 Å². The molecule has 1 atom stereocenters. The van der Waals surface area contributed by atoms with Crippen LogP contribution >= 0.6 is 12.4 Å². The summed E-state index contributed by atoms with van der Waals surface area (Å²) in [5.74, 6) is 0.813. The van der Waals surface area contributed by atoms with Gasteiger partial charge in [-0.3, -0.25) is 0 Å². The molecule has 0 aliphatic carbocycles. The molecule has 3 nitrogen and oxygen atoms in total. The lowest BCUT2D eigenvalue weighted by Crippen LogP contribution is -2.32. The van der Waals surface area contributed by atoms with Crippen LogP contribution in [0.1, 0.15) is 25.5 Å². The lowest BCUT2D eigenvalue weighted by Gasteiger charge is -2.29. The second-order valence-corrected chi connectivity index (χ2v) is 4.40. The Hall–Kier alpha value is -0.770. The Morgan fingerprint density at radius 1 is 1.31 bits per heavy atom. The summed E-state index contributed by atoms with van der Waals surface area (Å²) in [6, 6.07) is 7.45. The number of aliphatic hydroxyl groups excluding tert-OH is 1. The molecule has 16 heavy (non-hydrogen) atoms. The highest BCUT2D eigenvalue weighted by Crippen LogP contribution is 2.31. The van der Waals surface area contributed by atoms with Crippen LogP contribution in [-0.2, 0) is 0 Å². The van der Waals surface area contributed by atoms with E-state index in [1.54, 1.807) is 7.11 Å². The normalized spacial score (nSPS) is 12.8. The van der Waals surface area contributed by atoms with E-state index in [1.165, 1.54) is 0 Å². The number of rotatable bonds is 4. The van der Waals surface area contributed by atoms with Gasteiger partial charge in [-0.2, -0.15) is 0 Å². The van der Waals surface area contributed by atoms with Gasteiger partial charge in [-0.15, -0.1) is 12.4 Å². The summed E-state index contributed by atoms with van der Waals surface area (Å²) in [7, 11) is 1.63. The number of nitrogens with two attached hydrogens (primary N) is 1. The third kappa shape index (κ3) is 3.37. The summed E-state index contributed by atoms with van der Waals surface area (Å²) >= 11 is 0. The fourth-order valence-electron chi connectivity index (χ4n) is 1.36. The van der Waals surface area contributed by atoms with Crippen molar-refractivity contribution in [3.05, 3.63) is 29.8 Å². The number of ether oxygens (including phenoxy) is 1. The largest absolute Gasteiger partial charge is 0.497 e. The molecular weight excluding hydrogens is 226 g/mol. The van der Waals surface area contributed by atoms with E-state index in [2.05, 4.69) is 0 Å². The minimum absolute atomic E-state index is 0. The van der Waals surface area contributed by atoms with Crippen LogP contribution in [0.25, 0.3) is 0 Å². The second-order valence-electron chi connectivity index (χ2n) is 4.40. The van der Waals surface area contributed by atoms with E-state index in [9.17, 15) is 5.11 Å². The van der Waals surface area contributed by atoms with Gasteiger partial charge in [-0.1, -0.05) is 26.0 Å². The zero-order valence-corrected chi connectivity index (χ0v) is 10.8. The maximum absolute atomic E-state index is 9.22. The van der Waals surface area contributed by atoms with Gasteiger partial charge in [0.05, 0.1) is 7.11 Å². The van der Waals surface area contributed by atoms with Gasteiger partial charge < -0.3 is 15.6 Å². The van der Waals surface area contributed by atoms with Gasteiger partial charge in [0, 0.05) is 18.1 Å². The Morgan fingerprint density at radius 2 is 1.81 bits per heavy atom. The molecule has 4 heteroatoms. The summed E-state index contributed by atoms with van der Waals surface area (Å²) in [5, 5.41) is 9.22. The van der Waals surface area contributed by atoms with E-state index >= 15 is 0 Å². The molecule has 92 valence electrons. The Morgan fingerprint density at radius 3 is 2.19 bits per heavy atom. The highest BCUT2D eigenvalue weighted by molar-refractivity contribution is 5.85. The van der Waals surface area contributed by atoms with Crippen LogP contribution in [0.2, 0.25) is 0 Å². The van der Waals surface area contributed by atoms with E-state index in [1.807, 2.05) is 38.1 Å². The zero-order valence-electron chi connectivity index (χ0n) is 9.93. The van der Waals surface area contributed by atoms with Gasteiger partial charge in [0.25, 0.3) is 0 Å². The molecule has 0 unspecified atom stereocenters. The highest BCUT2D eigenvalue weighted by Gasteiger charge is 2.26. The summed E-state index contributed by atoms with van der Waals surface area (Å²) in [4.78, 5) is 0. The number of halogens is 1. The average molecular weight is 246 g/mol. The third-order valence-corrected chi connectivity index (χ3v) is 2.72. The summed E-state index contributed by atoms with van der Waals surface area (Å²) in [5.41, 5.74) is 6.77. The average Bonchev–Trinajstić information content (AvgIpc) is 2.28. The van der Waals surface area contributed by atoms with Crippen LogP contribution in [0.15, 0.2) is 24.3 Å². The number of aliphatic hydroxyl groups is 1. The van der Waals surface area contributed by atoms with E-state index in [-0.39, 0.29) is 30.5 Å². The van der Waals surface area contributed by atoms with Crippen molar-refractivity contribution in [1.29, 1.82) is 0 Å². The molecule has 0 saturated carbocycles. The van der Waals surface area contributed by atoms with Crippen LogP contribution < -0.4 is 10.5 Å².